The van der Waals surface area contributed by atoms with Crippen molar-refractivity contribution in [2.24, 2.45) is 5.92 Å². The molecule has 2 N–H and O–H groups in total. The van der Waals surface area contributed by atoms with Crippen LogP contribution in [0.5, 0.6) is 0 Å². The van der Waals surface area contributed by atoms with E-state index in [2.05, 4.69) is 11.9 Å². The van der Waals surface area contributed by atoms with E-state index < -0.39 is 10.0 Å². The van der Waals surface area contributed by atoms with Crippen LogP contribution >= 0.6 is 0 Å². The third-order valence-corrected chi connectivity index (χ3v) is 5.06. The summed E-state index contributed by atoms with van der Waals surface area (Å²) in [5.41, 5.74) is 5.52. The molecule has 0 aliphatic carbocycles. The van der Waals surface area contributed by atoms with E-state index >= 15 is 0 Å². The molecule has 5 nitrogen and oxygen atoms in total. The summed E-state index contributed by atoms with van der Waals surface area (Å²) in [6.07, 6.45) is 2.33. The van der Waals surface area contributed by atoms with Gasteiger partial charge in [0.25, 0.3) is 0 Å². The predicted octanol–water partition coefficient (Wildman–Crippen LogP) is 1.08. The molecular formula is C11H17N3O2S. The molecule has 2 heterocycles. The number of nitrogens with two attached hydrogens (primary N) is 1. The smallest absolute Gasteiger partial charge is 0.243 e. The Hall–Kier alpha value is -1.14. The first kappa shape index (κ1) is 12.3. The van der Waals surface area contributed by atoms with Crippen LogP contribution in [0.2, 0.25) is 0 Å². The van der Waals surface area contributed by atoms with Crippen molar-refractivity contribution in [1.29, 1.82) is 0 Å². The number of rotatable bonds is 2. The predicted molar refractivity (Wildman–Crippen MR) is 65.8 cm³/mol. The fourth-order valence-electron chi connectivity index (χ4n) is 2.32. The van der Waals surface area contributed by atoms with Gasteiger partial charge in [-0.2, -0.15) is 4.31 Å². The lowest BCUT2D eigenvalue weighted by Gasteiger charge is -2.20. The molecule has 2 atom stereocenters. The minimum Gasteiger partial charge on any atom is -0.384 e. The van der Waals surface area contributed by atoms with Crippen LogP contribution in [0.1, 0.15) is 20.3 Å². The summed E-state index contributed by atoms with van der Waals surface area (Å²) in [6, 6.07) is 2.94. The second kappa shape index (κ2) is 4.27. The minimum atomic E-state index is -3.43. The molecule has 17 heavy (non-hydrogen) atoms. The summed E-state index contributed by atoms with van der Waals surface area (Å²) in [5, 5.41) is 0. The quantitative estimate of drug-likeness (QED) is 0.858. The van der Waals surface area contributed by atoms with E-state index in [9.17, 15) is 8.42 Å². The topological polar surface area (TPSA) is 76.3 Å². The Morgan fingerprint density at radius 1 is 1.47 bits per heavy atom. The van der Waals surface area contributed by atoms with Crippen LogP contribution in [0, 0.1) is 5.92 Å². The molecule has 0 bridgehead atoms. The maximum Gasteiger partial charge on any atom is 0.243 e. The van der Waals surface area contributed by atoms with E-state index in [1.807, 2.05) is 6.92 Å². The van der Waals surface area contributed by atoms with Crippen LogP contribution in [0.3, 0.4) is 0 Å². The Kier molecular flexibility index (Phi) is 3.09. The average molecular weight is 255 g/mol. The van der Waals surface area contributed by atoms with Gasteiger partial charge in [0, 0.05) is 24.8 Å². The van der Waals surface area contributed by atoms with E-state index in [4.69, 9.17) is 5.73 Å². The van der Waals surface area contributed by atoms with Crippen molar-refractivity contribution < 1.29 is 8.42 Å². The van der Waals surface area contributed by atoms with Gasteiger partial charge in [-0.25, -0.2) is 13.4 Å². The highest BCUT2D eigenvalue weighted by Crippen LogP contribution is 2.29. The van der Waals surface area contributed by atoms with Crippen LogP contribution in [0.15, 0.2) is 23.2 Å². The standard InChI is InChI=1S/C11H17N3O2S/c1-8-5-9(2)14(7-8)17(15,16)10-3-4-13-11(12)6-10/h3-4,6,8-9H,5,7H2,1-2H3,(H2,12,13). The molecule has 1 saturated heterocycles. The molecule has 2 rings (SSSR count). The molecular weight excluding hydrogens is 238 g/mol. The van der Waals surface area contributed by atoms with Gasteiger partial charge in [-0.1, -0.05) is 6.92 Å². The SMILES string of the molecule is CC1CC(C)N(S(=O)(=O)c2ccnc(N)c2)C1. The molecule has 0 radical (unpaired) electrons. The molecule has 1 aliphatic rings. The zero-order chi connectivity index (χ0) is 12.6. The van der Waals surface area contributed by atoms with E-state index in [1.54, 1.807) is 4.31 Å². The number of hydrogen-bond acceptors (Lipinski definition) is 4. The lowest BCUT2D eigenvalue weighted by molar-refractivity contribution is 0.405. The van der Waals surface area contributed by atoms with Crippen LogP contribution < -0.4 is 5.73 Å². The molecule has 1 aromatic rings. The number of anilines is 1. The van der Waals surface area contributed by atoms with Gasteiger partial charge < -0.3 is 5.73 Å². The van der Waals surface area contributed by atoms with Crippen molar-refractivity contribution in [3.8, 4) is 0 Å². The highest BCUT2D eigenvalue weighted by Gasteiger charge is 2.36. The first-order valence-corrected chi connectivity index (χ1v) is 7.08. The number of nitrogens with zero attached hydrogens (tertiary/aromatic N) is 2. The van der Waals surface area contributed by atoms with Gasteiger partial charge in [-0.15, -0.1) is 0 Å². The summed E-state index contributed by atoms with van der Waals surface area (Å²) >= 11 is 0. The first-order chi connectivity index (χ1) is 7.91. The third kappa shape index (κ3) is 2.28. The summed E-state index contributed by atoms with van der Waals surface area (Å²) in [4.78, 5) is 4.04. The number of pyridine rings is 1. The van der Waals surface area contributed by atoms with Crippen molar-refractivity contribution >= 4 is 15.8 Å². The number of aromatic nitrogens is 1. The number of sulfonamides is 1. The maximum absolute atomic E-state index is 12.4. The largest absolute Gasteiger partial charge is 0.384 e. The lowest BCUT2D eigenvalue weighted by atomic mass is 10.1. The highest BCUT2D eigenvalue weighted by molar-refractivity contribution is 7.89. The van der Waals surface area contributed by atoms with Crippen LogP contribution in [0.25, 0.3) is 0 Å². The van der Waals surface area contributed by atoms with Crippen LogP contribution in [0.4, 0.5) is 5.82 Å². The van der Waals surface area contributed by atoms with Gasteiger partial charge >= 0.3 is 0 Å². The molecule has 1 aromatic heterocycles. The van der Waals surface area contributed by atoms with Crippen molar-refractivity contribution in [3.05, 3.63) is 18.3 Å². The molecule has 0 amide bonds. The van der Waals surface area contributed by atoms with E-state index in [-0.39, 0.29) is 16.8 Å². The molecule has 0 spiro atoms. The molecule has 94 valence electrons. The Bertz CT molecular complexity index is 515. The lowest BCUT2D eigenvalue weighted by Crippen LogP contribution is -2.34. The van der Waals surface area contributed by atoms with Crippen molar-refractivity contribution in [2.75, 3.05) is 12.3 Å². The van der Waals surface area contributed by atoms with Crippen molar-refractivity contribution in [2.45, 2.75) is 31.2 Å². The Labute approximate surface area is 102 Å². The van der Waals surface area contributed by atoms with Gasteiger partial charge in [0.05, 0.1) is 4.90 Å². The molecule has 1 fully saturated rings. The summed E-state index contributed by atoms with van der Waals surface area (Å²) in [7, 11) is -3.43. The number of hydrogen-bond donors (Lipinski definition) is 1. The van der Waals surface area contributed by atoms with Gasteiger partial charge in [0.1, 0.15) is 5.82 Å². The second-order valence-corrected chi connectivity index (χ2v) is 6.57. The molecule has 6 heteroatoms. The van der Waals surface area contributed by atoms with Gasteiger partial charge in [-0.05, 0) is 25.3 Å². The first-order valence-electron chi connectivity index (χ1n) is 5.64. The van der Waals surface area contributed by atoms with E-state index in [0.29, 0.717) is 12.5 Å². The molecule has 0 aromatic carbocycles. The fourth-order valence-corrected chi connectivity index (χ4v) is 4.10. The number of nitrogen functional groups attached to an aromatic ring is 1. The third-order valence-electron chi connectivity index (χ3n) is 3.09. The zero-order valence-electron chi connectivity index (χ0n) is 10.00. The molecule has 2 unspecified atom stereocenters. The second-order valence-electron chi connectivity index (χ2n) is 4.68. The summed E-state index contributed by atoms with van der Waals surface area (Å²) in [5.74, 6) is 0.630. The van der Waals surface area contributed by atoms with Gasteiger partial charge in [-0.3, -0.25) is 0 Å². The van der Waals surface area contributed by atoms with Crippen molar-refractivity contribution in [1.82, 2.24) is 9.29 Å². The monoisotopic (exact) mass is 255 g/mol. The van der Waals surface area contributed by atoms with Crippen LogP contribution in [-0.2, 0) is 10.0 Å². The van der Waals surface area contributed by atoms with Gasteiger partial charge in [0.15, 0.2) is 0 Å². The van der Waals surface area contributed by atoms with Crippen molar-refractivity contribution in [3.63, 3.8) is 0 Å². The molecule has 1 aliphatic heterocycles. The summed E-state index contributed by atoms with van der Waals surface area (Å²) in [6.45, 7) is 4.57. The Balaban J connectivity index is 2.37. The average Bonchev–Trinajstić information content (AvgIpc) is 2.58. The minimum absolute atomic E-state index is 0.0457. The van der Waals surface area contributed by atoms with E-state index in [1.165, 1.54) is 18.3 Å². The normalized spacial score (nSPS) is 26.2. The van der Waals surface area contributed by atoms with Crippen LogP contribution in [-0.4, -0.2) is 30.3 Å². The Morgan fingerprint density at radius 3 is 2.71 bits per heavy atom. The van der Waals surface area contributed by atoms with Gasteiger partial charge in [0.2, 0.25) is 10.0 Å². The highest BCUT2D eigenvalue weighted by atomic mass is 32.2. The maximum atomic E-state index is 12.4. The van der Waals surface area contributed by atoms with E-state index in [0.717, 1.165) is 6.42 Å². The zero-order valence-corrected chi connectivity index (χ0v) is 10.8. The fraction of sp³-hybridized carbons (Fsp3) is 0.545. The molecule has 0 saturated carbocycles. The summed E-state index contributed by atoms with van der Waals surface area (Å²) < 4.78 is 26.3. The Morgan fingerprint density at radius 2 is 2.18 bits per heavy atom.